The van der Waals surface area contributed by atoms with Gasteiger partial charge in [-0.3, -0.25) is 0 Å². The summed E-state index contributed by atoms with van der Waals surface area (Å²) < 4.78 is 0. The molecule has 0 unspecified atom stereocenters. The fourth-order valence-electron chi connectivity index (χ4n) is 2.66. The first-order valence-corrected chi connectivity index (χ1v) is 6.89. The van der Waals surface area contributed by atoms with Gasteiger partial charge in [0.25, 0.3) is 0 Å². The Morgan fingerprint density at radius 3 is 2.89 bits per heavy atom. The van der Waals surface area contributed by atoms with E-state index in [9.17, 15) is 0 Å². The lowest BCUT2D eigenvalue weighted by atomic mass is 10.1. The van der Waals surface area contributed by atoms with Crippen LogP contribution in [0.2, 0.25) is 5.02 Å². The van der Waals surface area contributed by atoms with Gasteiger partial charge in [0.2, 0.25) is 0 Å². The van der Waals surface area contributed by atoms with Crippen LogP contribution < -0.4 is 10.6 Å². The lowest BCUT2D eigenvalue weighted by Crippen LogP contribution is -2.19. The number of nitrogens with two attached hydrogens (primary N) is 1. The number of aryl methyl sites for hydroxylation is 1. The molecular formula is C16H17ClN2. The van der Waals surface area contributed by atoms with Crippen molar-refractivity contribution >= 4 is 23.0 Å². The fourth-order valence-corrected chi connectivity index (χ4v) is 2.88. The van der Waals surface area contributed by atoms with Gasteiger partial charge in [-0.2, -0.15) is 0 Å². The third-order valence-corrected chi connectivity index (χ3v) is 3.96. The third kappa shape index (κ3) is 2.41. The minimum atomic E-state index is 0.792. The Kier molecular flexibility index (Phi) is 3.11. The van der Waals surface area contributed by atoms with E-state index in [1.54, 1.807) is 0 Å². The molecule has 1 aliphatic heterocycles. The van der Waals surface area contributed by atoms with Crippen molar-refractivity contribution < 1.29 is 0 Å². The zero-order valence-corrected chi connectivity index (χ0v) is 11.7. The van der Waals surface area contributed by atoms with E-state index >= 15 is 0 Å². The Hall–Kier alpha value is -1.67. The highest BCUT2D eigenvalue weighted by atomic mass is 35.5. The van der Waals surface area contributed by atoms with Crippen molar-refractivity contribution in [1.82, 2.24) is 0 Å². The highest BCUT2D eigenvalue weighted by Gasteiger charge is 2.20. The van der Waals surface area contributed by atoms with E-state index in [0.717, 1.165) is 30.2 Å². The van der Waals surface area contributed by atoms with Crippen LogP contribution in [0.1, 0.15) is 16.7 Å². The number of hydrogen-bond donors (Lipinski definition) is 1. The fraction of sp³-hybridized carbons (Fsp3) is 0.250. The number of halogens is 1. The molecular weight excluding hydrogens is 256 g/mol. The standard InChI is InChI=1S/C16H17ClN2/c1-11-7-13-5-6-19(16(13)9-15(11)18)10-12-3-2-4-14(17)8-12/h2-4,7-9H,5-6,10,18H2,1H3. The van der Waals surface area contributed by atoms with Crippen molar-refractivity contribution in [3.63, 3.8) is 0 Å². The molecule has 0 bridgehead atoms. The molecule has 19 heavy (non-hydrogen) atoms. The van der Waals surface area contributed by atoms with Gasteiger partial charge in [0.1, 0.15) is 0 Å². The first kappa shape index (κ1) is 12.4. The van der Waals surface area contributed by atoms with E-state index in [-0.39, 0.29) is 0 Å². The average molecular weight is 273 g/mol. The topological polar surface area (TPSA) is 29.3 Å². The smallest absolute Gasteiger partial charge is 0.0430 e. The zero-order valence-electron chi connectivity index (χ0n) is 11.0. The van der Waals surface area contributed by atoms with Crippen molar-refractivity contribution in [1.29, 1.82) is 0 Å². The number of rotatable bonds is 2. The molecule has 3 heteroatoms. The largest absolute Gasteiger partial charge is 0.398 e. The lowest BCUT2D eigenvalue weighted by Gasteiger charge is -2.20. The Balaban J connectivity index is 1.88. The summed E-state index contributed by atoms with van der Waals surface area (Å²) in [5, 5.41) is 0.792. The van der Waals surface area contributed by atoms with Crippen molar-refractivity contribution in [2.45, 2.75) is 19.9 Å². The predicted octanol–water partition coefficient (Wildman–Crippen LogP) is 3.79. The van der Waals surface area contributed by atoms with Gasteiger partial charge in [-0.25, -0.2) is 0 Å². The van der Waals surface area contributed by atoms with Gasteiger partial charge in [0, 0.05) is 29.5 Å². The molecule has 1 aliphatic rings. The number of nitrogens with zero attached hydrogens (tertiary/aromatic N) is 1. The van der Waals surface area contributed by atoms with Crippen LogP contribution in [0.15, 0.2) is 36.4 Å². The molecule has 2 aromatic rings. The monoisotopic (exact) mass is 272 g/mol. The summed E-state index contributed by atoms with van der Waals surface area (Å²) in [6.07, 6.45) is 1.09. The molecule has 0 saturated carbocycles. The molecule has 0 fully saturated rings. The number of nitrogen functional groups attached to an aromatic ring is 1. The zero-order chi connectivity index (χ0) is 13.4. The Morgan fingerprint density at radius 2 is 2.11 bits per heavy atom. The Labute approximate surface area is 118 Å². The minimum absolute atomic E-state index is 0.792. The highest BCUT2D eigenvalue weighted by molar-refractivity contribution is 6.30. The van der Waals surface area contributed by atoms with Crippen LogP contribution in [0.5, 0.6) is 0 Å². The molecule has 98 valence electrons. The average Bonchev–Trinajstić information content (AvgIpc) is 2.73. The molecule has 3 rings (SSSR count). The first-order valence-electron chi connectivity index (χ1n) is 6.52. The molecule has 0 amide bonds. The number of hydrogen-bond acceptors (Lipinski definition) is 2. The quantitative estimate of drug-likeness (QED) is 0.843. The van der Waals surface area contributed by atoms with E-state index in [0.29, 0.717) is 0 Å². The van der Waals surface area contributed by atoms with E-state index < -0.39 is 0 Å². The van der Waals surface area contributed by atoms with E-state index in [1.165, 1.54) is 22.4 Å². The summed E-state index contributed by atoms with van der Waals surface area (Å²) in [6, 6.07) is 12.4. The van der Waals surface area contributed by atoms with E-state index in [2.05, 4.69) is 30.0 Å². The molecule has 2 aromatic carbocycles. The van der Waals surface area contributed by atoms with Crippen LogP contribution in [-0.4, -0.2) is 6.54 Å². The molecule has 2 nitrogen and oxygen atoms in total. The summed E-state index contributed by atoms with van der Waals surface area (Å²) in [6.45, 7) is 4.00. The van der Waals surface area contributed by atoms with Gasteiger partial charge < -0.3 is 10.6 Å². The summed E-state index contributed by atoms with van der Waals surface area (Å²) >= 11 is 6.04. The maximum atomic E-state index is 6.04. The minimum Gasteiger partial charge on any atom is -0.398 e. The van der Waals surface area contributed by atoms with Crippen LogP contribution in [0.25, 0.3) is 0 Å². The summed E-state index contributed by atoms with van der Waals surface area (Å²) in [4.78, 5) is 2.37. The van der Waals surface area contributed by atoms with Crippen molar-refractivity contribution in [2.24, 2.45) is 0 Å². The van der Waals surface area contributed by atoms with Crippen LogP contribution in [0.3, 0.4) is 0 Å². The lowest BCUT2D eigenvalue weighted by molar-refractivity contribution is 0.836. The molecule has 0 aromatic heterocycles. The molecule has 2 N–H and O–H groups in total. The molecule has 0 spiro atoms. The van der Waals surface area contributed by atoms with Crippen LogP contribution in [0.4, 0.5) is 11.4 Å². The van der Waals surface area contributed by atoms with Crippen LogP contribution in [-0.2, 0) is 13.0 Å². The first-order chi connectivity index (χ1) is 9.13. The molecule has 0 radical (unpaired) electrons. The number of fused-ring (bicyclic) bond motifs is 1. The number of anilines is 2. The molecule has 1 heterocycles. The van der Waals surface area contributed by atoms with Gasteiger partial charge in [-0.1, -0.05) is 29.8 Å². The van der Waals surface area contributed by atoms with Crippen molar-refractivity contribution in [3.05, 3.63) is 58.1 Å². The van der Waals surface area contributed by atoms with E-state index in [1.807, 2.05) is 18.2 Å². The second-order valence-electron chi connectivity index (χ2n) is 5.14. The van der Waals surface area contributed by atoms with Crippen LogP contribution in [0, 0.1) is 6.92 Å². The molecule has 0 atom stereocenters. The second kappa shape index (κ2) is 4.78. The van der Waals surface area contributed by atoms with E-state index in [4.69, 9.17) is 17.3 Å². The SMILES string of the molecule is Cc1cc2c(cc1N)N(Cc1cccc(Cl)c1)CC2. The third-order valence-electron chi connectivity index (χ3n) is 3.72. The Morgan fingerprint density at radius 1 is 1.26 bits per heavy atom. The van der Waals surface area contributed by atoms with Gasteiger partial charge >= 0.3 is 0 Å². The normalized spacial score (nSPS) is 13.7. The molecule has 0 saturated heterocycles. The summed E-state index contributed by atoms with van der Waals surface area (Å²) in [5.41, 5.74) is 12.0. The number of benzene rings is 2. The summed E-state index contributed by atoms with van der Waals surface area (Å²) in [7, 11) is 0. The van der Waals surface area contributed by atoms with Gasteiger partial charge in [-0.15, -0.1) is 0 Å². The van der Waals surface area contributed by atoms with Gasteiger partial charge in [-0.05, 0) is 48.2 Å². The maximum absolute atomic E-state index is 6.04. The van der Waals surface area contributed by atoms with Crippen LogP contribution >= 0.6 is 11.6 Å². The van der Waals surface area contributed by atoms with Crippen molar-refractivity contribution in [2.75, 3.05) is 17.2 Å². The Bertz CT molecular complexity index is 622. The highest BCUT2D eigenvalue weighted by Crippen LogP contribution is 2.33. The van der Waals surface area contributed by atoms with Gasteiger partial charge in [0.05, 0.1) is 0 Å². The second-order valence-corrected chi connectivity index (χ2v) is 5.58. The van der Waals surface area contributed by atoms with Gasteiger partial charge in [0.15, 0.2) is 0 Å². The van der Waals surface area contributed by atoms with Crippen molar-refractivity contribution in [3.8, 4) is 0 Å². The molecule has 0 aliphatic carbocycles. The predicted molar refractivity (Wildman–Crippen MR) is 81.8 cm³/mol. The maximum Gasteiger partial charge on any atom is 0.0430 e. The summed E-state index contributed by atoms with van der Waals surface area (Å²) in [5.74, 6) is 0.